The maximum atomic E-state index is 13.2. The third-order valence-electron chi connectivity index (χ3n) is 6.75. The summed E-state index contributed by atoms with van der Waals surface area (Å²) in [5.74, 6) is 1.44. The summed E-state index contributed by atoms with van der Waals surface area (Å²) in [5, 5.41) is 11.2. The summed E-state index contributed by atoms with van der Waals surface area (Å²) in [5.41, 5.74) is 0.0743. The minimum atomic E-state index is -0.505. The molecule has 0 radical (unpaired) electrons. The van der Waals surface area contributed by atoms with E-state index in [1.165, 1.54) is 0 Å². The van der Waals surface area contributed by atoms with Crippen molar-refractivity contribution < 1.29 is 18.7 Å². The fraction of sp³-hybridized carbons (Fsp3) is 0.545. The average molecular weight is 395 g/mol. The molecule has 1 amide bonds. The zero-order valence-electron chi connectivity index (χ0n) is 16.5. The molecule has 0 saturated heterocycles. The summed E-state index contributed by atoms with van der Waals surface area (Å²) in [4.78, 5) is 24.9. The molecule has 7 nitrogen and oxygen atoms in total. The molecule has 4 bridgehead atoms. The van der Waals surface area contributed by atoms with Crippen LogP contribution < -0.4 is 5.32 Å². The lowest BCUT2D eigenvalue weighted by Crippen LogP contribution is -2.64. The van der Waals surface area contributed by atoms with E-state index in [9.17, 15) is 9.59 Å². The number of hydrogen-bond acceptors (Lipinski definition) is 6. The molecule has 0 spiro atoms. The molecular weight excluding hydrogens is 370 g/mol. The van der Waals surface area contributed by atoms with Crippen molar-refractivity contribution in [3.63, 3.8) is 0 Å². The molecule has 6 rings (SSSR count). The predicted octanol–water partition coefficient (Wildman–Crippen LogP) is 3.25. The lowest BCUT2D eigenvalue weighted by atomic mass is 9.47. The summed E-state index contributed by atoms with van der Waals surface area (Å²) in [6.45, 7) is 1.53. The van der Waals surface area contributed by atoms with E-state index in [4.69, 9.17) is 9.15 Å². The second kappa shape index (κ2) is 6.68. The Labute approximate surface area is 169 Å². The van der Waals surface area contributed by atoms with Crippen molar-refractivity contribution in [1.29, 1.82) is 0 Å². The number of aromatic nitrogens is 2. The summed E-state index contributed by atoms with van der Waals surface area (Å²) in [6.07, 6.45) is 5.47. The summed E-state index contributed by atoms with van der Waals surface area (Å²) >= 11 is 0. The lowest BCUT2D eigenvalue weighted by Gasteiger charge is -2.60. The fourth-order valence-corrected chi connectivity index (χ4v) is 6.31. The van der Waals surface area contributed by atoms with Crippen molar-refractivity contribution >= 4 is 11.9 Å². The first kappa shape index (κ1) is 18.3. The Kier molecular flexibility index (Phi) is 4.22. The van der Waals surface area contributed by atoms with Crippen LogP contribution in [0.3, 0.4) is 0 Å². The highest BCUT2D eigenvalue weighted by atomic mass is 16.5. The Morgan fingerprint density at radius 2 is 1.86 bits per heavy atom. The normalized spacial score (nSPS) is 32.2. The van der Waals surface area contributed by atoms with Gasteiger partial charge in [-0.2, -0.15) is 0 Å². The topological polar surface area (TPSA) is 94.3 Å². The highest BCUT2D eigenvalue weighted by Gasteiger charge is 2.61. The smallest absolute Gasteiger partial charge is 0.312 e. The second-order valence-corrected chi connectivity index (χ2v) is 9.15. The molecule has 29 heavy (non-hydrogen) atoms. The van der Waals surface area contributed by atoms with Crippen molar-refractivity contribution in [3.05, 3.63) is 36.2 Å². The van der Waals surface area contributed by atoms with Gasteiger partial charge in [-0.1, -0.05) is 18.2 Å². The molecule has 0 aliphatic heterocycles. The van der Waals surface area contributed by atoms with E-state index in [1.807, 2.05) is 30.3 Å². The largest absolute Gasteiger partial charge is 0.455 e. The van der Waals surface area contributed by atoms with Crippen LogP contribution in [0.4, 0.5) is 0 Å². The molecule has 7 heteroatoms. The Bertz CT molecular complexity index is 925. The number of hydrogen-bond donors (Lipinski definition) is 1. The number of rotatable bonds is 5. The molecule has 4 aliphatic rings. The van der Waals surface area contributed by atoms with Gasteiger partial charge in [0.2, 0.25) is 11.8 Å². The minimum absolute atomic E-state index is 0.0187. The number of carbonyl (C=O) groups is 2. The number of amides is 1. The van der Waals surface area contributed by atoms with Crippen LogP contribution in [0.5, 0.6) is 0 Å². The molecule has 4 saturated carbocycles. The zero-order valence-corrected chi connectivity index (χ0v) is 16.5. The van der Waals surface area contributed by atoms with Crippen LogP contribution in [0.25, 0.3) is 11.5 Å². The van der Waals surface area contributed by atoms with E-state index in [0.29, 0.717) is 30.0 Å². The average Bonchev–Trinajstić information content (AvgIpc) is 3.14. The Morgan fingerprint density at radius 1 is 1.14 bits per heavy atom. The minimum Gasteiger partial charge on any atom is -0.455 e. The highest BCUT2D eigenvalue weighted by molar-refractivity contribution is 5.79. The van der Waals surface area contributed by atoms with Gasteiger partial charge in [0.05, 0.1) is 5.41 Å². The lowest BCUT2D eigenvalue weighted by molar-refractivity contribution is -0.178. The van der Waals surface area contributed by atoms with Crippen LogP contribution in [-0.2, 0) is 20.9 Å². The van der Waals surface area contributed by atoms with E-state index < -0.39 is 5.41 Å². The van der Waals surface area contributed by atoms with Gasteiger partial charge in [-0.25, -0.2) is 0 Å². The van der Waals surface area contributed by atoms with Gasteiger partial charge < -0.3 is 14.5 Å². The van der Waals surface area contributed by atoms with E-state index in [1.54, 1.807) is 6.92 Å². The first-order chi connectivity index (χ1) is 14.0. The number of nitrogens with one attached hydrogen (secondary N) is 1. The predicted molar refractivity (Wildman–Crippen MR) is 103 cm³/mol. The quantitative estimate of drug-likeness (QED) is 0.781. The van der Waals surface area contributed by atoms with E-state index in [2.05, 4.69) is 15.5 Å². The van der Waals surface area contributed by atoms with Crippen LogP contribution in [-0.4, -0.2) is 27.6 Å². The van der Waals surface area contributed by atoms with Crippen LogP contribution in [0.2, 0.25) is 0 Å². The van der Waals surface area contributed by atoms with Gasteiger partial charge in [-0.3, -0.25) is 9.59 Å². The van der Waals surface area contributed by atoms with Crippen LogP contribution in [0, 0.1) is 17.3 Å². The molecule has 4 aliphatic carbocycles. The monoisotopic (exact) mass is 395 g/mol. The van der Waals surface area contributed by atoms with Gasteiger partial charge in [-0.15, -0.1) is 10.2 Å². The number of esters is 1. The number of benzene rings is 1. The maximum Gasteiger partial charge on any atom is 0.312 e. The summed E-state index contributed by atoms with van der Waals surface area (Å²) < 4.78 is 11.3. The van der Waals surface area contributed by atoms with Crippen molar-refractivity contribution in [1.82, 2.24) is 15.5 Å². The molecule has 152 valence electrons. The van der Waals surface area contributed by atoms with Gasteiger partial charge in [0, 0.05) is 18.0 Å². The molecule has 2 atom stereocenters. The molecule has 4 fully saturated rings. The van der Waals surface area contributed by atoms with Crippen molar-refractivity contribution in [2.24, 2.45) is 17.3 Å². The van der Waals surface area contributed by atoms with Crippen LogP contribution in [0.15, 0.2) is 34.7 Å². The number of carbonyl (C=O) groups excluding carboxylic acids is 2. The van der Waals surface area contributed by atoms with Gasteiger partial charge in [0.1, 0.15) is 0 Å². The van der Waals surface area contributed by atoms with Crippen LogP contribution >= 0.6 is 0 Å². The third-order valence-corrected chi connectivity index (χ3v) is 6.75. The SMILES string of the molecule is CC(=O)NC12CC3CC(C1)CC(C(=O)OCc1nnc(-c4ccccc4)o1)(C3)C2. The van der Waals surface area contributed by atoms with Gasteiger partial charge in [0.15, 0.2) is 6.61 Å². The summed E-state index contributed by atoms with van der Waals surface area (Å²) in [6, 6.07) is 9.50. The second-order valence-electron chi connectivity index (χ2n) is 9.15. The molecule has 1 heterocycles. The standard InChI is InChI=1S/C22H25N3O4/c1-14(26)23-22-10-15-7-16(11-22)9-21(8-15,13-22)20(27)28-12-18-24-25-19(29-18)17-5-3-2-4-6-17/h2-6,15-16H,7-13H2,1H3,(H,23,26). The van der Waals surface area contributed by atoms with E-state index in [0.717, 1.165) is 37.7 Å². The molecule has 1 aromatic carbocycles. The van der Waals surface area contributed by atoms with Crippen LogP contribution in [0.1, 0.15) is 51.3 Å². The summed E-state index contributed by atoms with van der Waals surface area (Å²) in [7, 11) is 0. The first-order valence-electron chi connectivity index (χ1n) is 10.3. The Balaban J connectivity index is 1.29. The first-order valence-corrected chi connectivity index (χ1v) is 10.3. The van der Waals surface area contributed by atoms with Gasteiger partial charge in [0.25, 0.3) is 5.89 Å². The van der Waals surface area contributed by atoms with E-state index in [-0.39, 0.29) is 24.0 Å². The van der Waals surface area contributed by atoms with Gasteiger partial charge >= 0.3 is 5.97 Å². The zero-order chi connectivity index (χ0) is 20.1. The molecule has 1 N–H and O–H groups in total. The van der Waals surface area contributed by atoms with Crippen molar-refractivity contribution in [2.45, 2.75) is 57.6 Å². The third kappa shape index (κ3) is 3.32. The highest BCUT2D eigenvalue weighted by Crippen LogP contribution is 2.62. The number of nitrogens with zero attached hydrogens (tertiary/aromatic N) is 2. The maximum absolute atomic E-state index is 13.2. The number of ether oxygens (including phenoxy) is 1. The molecule has 2 aromatic rings. The Hall–Kier alpha value is -2.70. The Morgan fingerprint density at radius 3 is 2.55 bits per heavy atom. The fourth-order valence-electron chi connectivity index (χ4n) is 6.31. The van der Waals surface area contributed by atoms with Crippen molar-refractivity contribution in [3.8, 4) is 11.5 Å². The molecule has 2 unspecified atom stereocenters. The molecular formula is C22H25N3O4. The van der Waals surface area contributed by atoms with Gasteiger partial charge in [-0.05, 0) is 62.5 Å². The van der Waals surface area contributed by atoms with E-state index >= 15 is 0 Å². The molecule has 1 aromatic heterocycles. The van der Waals surface area contributed by atoms with Crippen molar-refractivity contribution in [2.75, 3.05) is 0 Å².